The standard InChI is InChI=1S/C7H8BrNO2/c1-2-9-4-5(8)3-6(9)7(10)11/h3-4H,2H2,1H3,(H,10,11). The number of nitrogens with zero attached hydrogens (tertiary/aromatic N) is 1. The molecule has 1 rings (SSSR count). The lowest BCUT2D eigenvalue weighted by molar-refractivity contribution is 0.0685. The third kappa shape index (κ3) is 1.63. The number of carboxylic acid groups (broad SMARTS) is 1. The molecule has 0 aromatic carbocycles. The Morgan fingerprint density at radius 1 is 1.82 bits per heavy atom. The van der Waals surface area contributed by atoms with Crippen molar-refractivity contribution in [3.8, 4) is 0 Å². The molecule has 0 spiro atoms. The Balaban J connectivity index is 3.12. The molecule has 1 aromatic rings. The summed E-state index contributed by atoms with van der Waals surface area (Å²) in [5.74, 6) is -0.891. The summed E-state index contributed by atoms with van der Waals surface area (Å²) in [4.78, 5) is 10.6. The van der Waals surface area contributed by atoms with E-state index in [1.807, 2.05) is 6.92 Å². The zero-order chi connectivity index (χ0) is 8.43. The van der Waals surface area contributed by atoms with Crippen molar-refractivity contribution >= 4 is 21.9 Å². The Labute approximate surface area is 72.8 Å². The molecule has 0 amide bonds. The van der Waals surface area contributed by atoms with Crippen molar-refractivity contribution in [2.75, 3.05) is 0 Å². The van der Waals surface area contributed by atoms with Gasteiger partial charge in [-0.25, -0.2) is 4.79 Å². The Morgan fingerprint density at radius 2 is 2.45 bits per heavy atom. The first-order valence-corrected chi connectivity index (χ1v) is 4.03. The van der Waals surface area contributed by atoms with E-state index in [0.717, 1.165) is 4.47 Å². The van der Waals surface area contributed by atoms with E-state index in [9.17, 15) is 4.79 Å². The van der Waals surface area contributed by atoms with Crippen LogP contribution in [0.25, 0.3) is 0 Å². The Bertz CT molecular complexity index is 280. The highest BCUT2D eigenvalue weighted by atomic mass is 79.9. The van der Waals surface area contributed by atoms with Crippen molar-refractivity contribution in [1.29, 1.82) is 0 Å². The van der Waals surface area contributed by atoms with E-state index in [2.05, 4.69) is 15.9 Å². The third-order valence-corrected chi connectivity index (χ3v) is 1.86. The summed E-state index contributed by atoms with van der Waals surface area (Å²) in [5.41, 5.74) is 0.319. The lowest BCUT2D eigenvalue weighted by atomic mass is 10.4. The van der Waals surface area contributed by atoms with Gasteiger partial charge >= 0.3 is 5.97 Å². The van der Waals surface area contributed by atoms with Crippen LogP contribution in [0.5, 0.6) is 0 Å². The van der Waals surface area contributed by atoms with Gasteiger partial charge in [-0.1, -0.05) is 0 Å². The van der Waals surface area contributed by atoms with Crippen LogP contribution >= 0.6 is 15.9 Å². The normalized spacial score (nSPS) is 10.0. The van der Waals surface area contributed by atoms with E-state index in [1.54, 1.807) is 16.8 Å². The second kappa shape index (κ2) is 3.09. The summed E-state index contributed by atoms with van der Waals surface area (Å²) in [6.07, 6.45) is 1.75. The van der Waals surface area contributed by atoms with Gasteiger partial charge in [0, 0.05) is 17.2 Å². The zero-order valence-corrected chi connectivity index (χ0v) is 7.63. The topological polar surface area (TPSA) is 42.2 Å². The highest BCUT2D eigenvalue weighted by Crippen LogP contribution is 2.14. The number of carbonyl (C=O) groups is 1. The van der Waals surface area contributed by atoms with Crippen LogP contribution in [0.15, 0.2) is 16.7 Å². The molecule has 4 heteroatoms. The monoisotopic (exact) mass is 217 g/mol. The minimum Gasteiger partial charge on any atom is -0.477 e. The van der Waals surface area contributed by atoms with Crippen LogP contribution in [-0.4, -0.2) is 15.6 Å². The van der Waals surface area contributed by atoms with Gasteiger partial charge in [0.15, 0.2) is 0 Å². The molecule has 0 aliphatic carbocycles. The second-order valence-electron chi connectivity index (χ2n) is 2.13. The lowest BCUT2D eigenvalue weighted by Gasteiger charge is -1.98. The summed E-state index contributed by atoms with van der Waals surface area (Å²) in [6.45, 7) is 2.58. The quantitative estimate of drug-likeness (QED) is 0.824. The Morgan fingerprint density at radius 3 is 2.82 bits per heavy atom. The van der Waals surface area contributed by atoms with Crippen LogP contribution in [0.4, 0.5) is 0 Å². The fourth-order valence-corrected chi connectivity index (χ4v) is 1.38. The molecular weight excluding hydrogens is 210 g/mol. The van der Waals surface area contributed by atoms with Gasteiger partial charge in [-0.15, -0.1) is 0 Å². The van der Waals surface area contributed by atoms with Crippen LogP contribution in [-0.2, 0) is 6.54 Å². The summed E-state index contributed by atoms with van der Waals surface area (Å²) in [5, 5.41) is 8.67. The van der Waals surface area contributed by atoms with Gasteiger partial charge in [-0.2, -0.15) is 0 Å². The molecular formula is C7H8BrNO2. The van der Waals surface area contributed by atoms with Gasteiger partial charge in [-0.3, -0.25) is 0 Å². The van der Waals surface area contributed by atoms with Gasteiger partial charge < -0.3 is 9.67 Å². The minimum atomic E-state index is -0.891. The molecule has 1 heterocycles. The van der Waals surface area contributed by atoms with Gasteiger partial charge in [-0.05, 0) is 28.9 Å². The maximum atomic E-state index is 10.6. The smallest absolute Gasteiger partial charge is 0.352 e. The fraction of sp³-hybridized carbons (Fsp3) is 0.286. The molecule has 0 fully saturated rings. The van der Waals surface area contributed by atoms with Crippen molar-refractivity contribution < 1.29 is 9.90 Å². The van der Waals surface area contributed by atoms with Gasteiger partial charge in [0.05, 0.1) is 0 Å². The molecule has 0 radical (unpaired) electrons. The third-order valence-electron chi connectivity index (χ3n) is 1.42. The number of aromatic nitrogens is 1. The first-order valence-electron chi connectivity index (χ1n) is 3.24. The first kappa shape index (κ1) is 8.33. The molecule has 0 unspecified atom stereocenters. The van der Waals surface area contributed by atoms with Crippen molar-refractivity contribution in [1.82, 2.24) is 4.57 Å². The van der Waals surface area contributed by atoms with Crippen LogP contribution in [0, 0.1) is 0 Å². The largest absolute Gasteiger partial charge is 0.477 e. The minimum absolute atomic E-state index is 0.319. The predicted octanol–water partition coefficient (Wildman–Crippen LogP) is 1.97. The second-order valence-corrected chi connectivity index (χ2v) is 3.05. The molecule has 0 saturated carbocycles. The van der Waals surface area contributed by atoms with Crippen molar-refractivity contribution in [2.45, 2.75) is 13.5 Å². The summed E-state index contributed by atoms with van der Waals surface area (Å²) in [6, 6.07) is 1.59. The van der Waals surface area contributed by atoms with Gasteiger partial charge in [0.25, 0.3) is 0 Å². The van der Waals surface area contributed by atoms with Crippen molar-refractivity contribution in [3.63, 3.8) is 0 Å². The molecule has 1 N–H and O–H groups in total. The number of carboxylic acids is 1. The number of aryl methyl sites for hydroxylation is 1. The zero-order valence-electron chi connectivity index (χ0n) is 6.04. The number of halogens is 1. The number of hydrogen-bond acceptors (Lipinski definition) is 1. The highest BCUT2D eigenvalue weighted by Gasteiger charge is 2.09. The first-order chi connectivity index (χ1) is 5.15. The summed E-state index contributed by atoms with van der Waals surface area (Å²) >= 11 is 3.21. The van der Waals surface area contributed by atoms with E-state index >= 15 is 0 Å². The number of hydrogen-bond donors (Lipinski definition) is 1. The molecule has 0 aliphatic rings. The average molecular weight is 218 g/mol. The Hall–Kier alpha value is -0.770. The molecule has 0 saturated heterocycles. The SMILES string of the molecule is CCn1cc(Br)cc1C(=O)O. The summed E-state index contributed by atoms with van der Waals surface area (Å²) in [7, 11) is 0. The van der Waals surface area contributed by atoms with Crippen LogP contribution in [0.3, 0.4) is 0 Å². The molecule has 0 aliphatic heterocycles. The predicted molar refractivity (Wildman–Crippen MR) is 44.8 cm³/mol. The molecule has 0 atom stereocenters. The molecule has 11 heavy (non-hydrogen) atoms. The maximum Gasteiger partial charge on any atom is 0.352 e. The van der Waals surface area contributed by atoms with E-state index < -0.39 is 5.97 Å². The number of rotatable bonds is 2. The van der Waals surface area contributed by atoms with Crippen LogP contribution < -0.4 is 0 Å². The highest BCUT2D eigenvalue weighted by molar-refractivity contribution is 9.10. The van der Waals surface area contributed by atoms with Gasteiger partial charge in [0.1, 0.15) is 5.69 Å². The van der Waals surface area contributed by atoms with Gasteiger partial charge in [0.2, 0.25) is 0 Å². The lowest BCUT2D eigenvalue weighted by Crippen LogP contribution is -2.05. The van der Waals surface area contributed by atoms with Crippen molar-refractivity contribution in [2.24, 2.45) is 0 Å². The fourth-order valence-electron chi connectivity index (χ4n) is 0.915. The van der Waals surface area contributed by atoms with Crippen LogP contribution in [0.1, 0.15) is 17.4 Å². The maximum absolute atomic E-state index is 10.6. The van der Waals surface area contributed by atoms with Crippen molar-refractivity contribution in [3.05, 3.63) is 22.4 Å². The molecule has 60 valence electrons. The summed E-state index contributed by atoms with van der Waals surface area (Å²) < 4.78 is 2.48. The number of aromatic carboxylic acids is 1. The van der Waals surface area contributed by atoms with E-state index in [1.165, 1.54) is 0 Å². The molecule has 1 aromatic heterocycles. The van der Waals surface area contributed by atoms with E-state index in [0.29, 0.717) is 12.2 Å². The van der Waals surface area contributed by atoms with E-state index in [-0.39, 0.29) is 0 Å². The molecule has 3 nitrogen and oxygen atoms in total. The Kier molecular flexibility index (Phi) is 2.34. The molecule has 0 bridgehead atoms. The van der Waals surface area contributed by atoms with Crippen LogP contribution in [0.2, 0.25) is 0 Å². The van der Waals surface area contributed by atoms with E-state index in [4.69, 9.17) is 5.11 Å². The average Bonchev–Trinajstić information content (AvgIpc) is 2.30.